The number of carbonyl (C=O) groups excluding carboxylic acids is 1. The first-order chi connectivity index (χ1) is 14.9. The predicted octanol–water partition coefficient (Wildman–Crippen LogP) is 3.58. The Bertz CT molecular complexity index is 1220. The van der Waals surface area contributed by atoms with Crippen LogP contribution in [-0.4, -0.2) is 37.3 Å². The Morgan fingerprint density at radius 2 is 1.94 bits per heavy atom. The number of benzene rings is 1. The third-order valence-corrected chi connectivity index (χ3v) is 5.27. The lowest BCUT2D eigenvalue weighted by Gasteiger charge is -2.20. The summed E-state index contributed by atoms with van der Waals surface area (Å²) < 4.78 is 9.01. The predicted molar refractivity (Wildman–Crippen MR) is 118 cm³/mol. The van der Waals surface area contributed by atoms with Gasteiger partial charge in [-0.05, 0) is 44.5 Å². The van der Waals surface area contributed by atoms with Crippen LogP contribution in [0.5, 0.6) is 5.75 Å². The van der Waals surface area contributed by atoms with E-state index in [1.165, 1.54) is 0 Å². The summed E-state index contributed by atoms with van der Waals surface area (Å²) in [6, 6.07) is 9.13. The fourth-order valence-corrected chi connectivity index (χ4v) is 3.67. The molecule has 1 aromatic carbocycles. The number of pyridine rings is 1. The summed E-state index contributed by atoms with van der Waals surface area (Å²) in [4.78, 5) is 22.6. The first-order valence-corrected chi connectivity index (χ1v) is 10.2. The van der Waals surface area contributed by atoms with Crippen molar-refractivity contribution in [3.8, 4) is 5.75 Å². The molecule has 0 radical (unpaired) electrons. The number of amides is 1. The fourth-order valence-electron chi connectivity index (χ4n) is 3.67. The highest BCUT2D eigenvalue weighted by molar-refractivity contribution is 6.05. The maximum absolute atomic E-state index is 13.5. The summed E-state index contributed by atoms with van der Waals surface area (Å²) in [5.41, 5.74) is 2.92. The second kappa shape index (κ2) is 8.22. The van der Waals surface area contributed by atoms with E-state index < -0.39 is 6.04 Å². The molecule has 8 heteroatoms. The monoisotopic (exact) mass is 418 g/mol. The number of aromatic nitrogens is 5. The van der Waals surface area contributed by atoms with E-state index in [0.29, 0.717) is 11.2 Å². The number of fused-ring (bicyclic) bond motifs is 1. The molecule has 1 unspecified atom stereocenters. The number of aryl methyl sites for hydroxylation is 2. The van der Waals surface area contributed by atoms with Crippen LogP contribution >= 0.6 is 0 Å². The van der Waals surface area contributed by atoms with E-state index in [1.807, 2.05) is 67.5 Å². The highest BCUT2D eigenvalue weighted by Crippen LogP contribution is 2.26. The van der Waals surface area contributed by atoms with Gasteiger partial charge in [-0.25, -0.2) is 14.6 Å². The molecule has 4 rings (SSSR count). The van der Waals surface area contributed by atoms with Crippen LogP contribution in [0, 0.1) is 6.92 Å². The van der Waals surface area contributed by atoms with Crippen LogP contribution in [0.1, 0.15) is 53.4 Å². The second-order valence-electron chi connectivity index (χ2n) is 7.81. The minimum Gasteiger partial charge on any atom is -0.497 e. The molecule has 3 heterocycles. The Balaban J connectivity index is 1.75. The highest BCUT2D eigenvalue weighted by atomic mass is 16.5. The van der Waals surface area contributed by atoms with Crippen molar-refractivity contribution >= 4 is 16.9 Å². The molecule has 0 bridgehead atoms. The molecule has 0 spiro atoms. The number of ether oxygens (including phenoxy) is 1. The Hall–Kier alpha value is -3.68. The van der Waals surface area contributed by atoms with E-state index >= 15 is 0 Å². The molecule has 8 nitrogen and oxygen atoms in total. The number of methoxy groups -OCH3 is 1. The van der Waals surface area contributed by atoms with Crippen LogP contribution in [0.3, 0.4) is 0 Å². The number of rotatable bonds is 6. The summed E-state index contributed by atoms with van der Waals surface area (Å²) in [5, 5.41) is 8.33. The van der Waals surface area contributed by atoms with Crippen molar-refractivity contribution in [1.29, 1.82) is 0 Å². The third-order valence-electron chi connectivity index (χ3n) is 5.27. The topological polar surface area (TPSA) is 86.9 Å². The zero-order valence-corrected chi connectivity index (χ0v) is 18.3. The molecule has 1 N–H and O–H groups in total. The van der Waals surface area contributed by atoms with Gasteiger partial charge in [0.2, 0.25) is 0 Å². The smallest absolute Gasteiger partial charge is 0.253 e. The van der Waals surface area contributed by atoms with Crippen LogP contribution < -0.4 is 10.1 Å². The van der Waals surface area contributed by atoms with Gasteiger partial charge in [-0.1, -0.05) is 12.1 Å². The van der Waals surface area contributed by atoms with Gasteiger partial charge in [-0.2, -0.15) is 5.10 Å². The molecule has 3 aromatic heterocycles. The summed E-state index contributed by atoms with van der Waals surface area (Å²) in [7, 11) is 3.54. The lowest BCUT2D eigenvalue weighted by atomic mass is 10.0. The lowest BCUT2D eigenvalue weighted by molar-refractivity contribution is 0.0942. The van der Waals surface area contributed by atoms with E-state index in [4.69, 9.17) is 4.74 Å². The summed E-state index contributed by atoms with van der Waals surface area (Å²) in [6.45, 7) is 5.96. The van der Waals surface area contributed by atoms with Gasteiger partial charge in [0, 0.05) is 31.2 Å². The largest absolute Gasteiger partial charge is 0.497 e. The maximum Gasteiger partial charge on any atom is 0.253 e. The molecular formula is C23H26N6O2. The van der Waals surface area contributed by atoms with E-state index in [2.05, 4.69) is 20.4 Å². The van der Waals surface area contributed by atoms with E-state index in [0.717, 1.165) is 28.2 Å². The molecular weight excluding hydrogens is 392 g/mol. The van der Waals surface area contributed by atoms with E-state index in [-0.39, 0.29) is 11.9 Å². The zero-order valence-electron chi connectivity index (χ0n) is 18.3. The van der Waals surface area contributed by atoms with Gasteiger partial charge < -0.3 is 14.6 Å². The van der Waals surface area contributed by atoms with E-state index in [9.17, 15) is 4.79 Å². The molecule has 0 saturated heterocycles. The standard InChI is InChI=1S/C23H26N6O2/c1-14(2)29-21-19(13-25-29)18(12-15(3)26-21)23(30)27-20(22-24-10-11-28(22)4)16-6-8-17(31-5)9-7-16/h6-14,20H,1-5H3,(H,27,30). The number of nitrogens with one attached hydrogen (secondary N) is 1. The number of carbonyl (C=O) groups is 1. The molecule has 0 aliphatic carbocycles. The maximum atomic E-state index is 13.5. The van der Waals surface area contributed by atoms with Crippen LogP contribution in [-0.2, 0) is 7.05 Å². The number of nitrogens with zero attached hydrogens (tertiary/aromatic N) is 5. The summed E-state index contributed by atoms with van der Waals surface area (Å²) in [6.07, 6.45) is 5.29. The van der Waals surface area contributed by atoms with Crippen molar-refractivity contribution < 1.29 is 9.53 Å². The number of hydrogen-bond donors (Lipinski definition) is 1. The molecule has 1 atom stereocenters. The third kappa shape index (κ3) is 3.88. The minimum atomic E-state index is -0.429. The van der Waals surface area contributed by atoms with Crippen molar-refractivity contribution in [1.82, 2.24) is 29.6 Å². The molecule has 0 fully saturated rings. The lowest BCUT2D eigenvalue weighted by Crippen LogP contribution is -2.31. The summed E-state index contributed by atoms with van der Waals surface area (Å²) in [5.74, 6) is 1.28. The molecule has 0 aliphatic rings. The van der Waals surface area contributed by atoms with Crippen LogP contribution in [0.25, 0.3) is 11.0 Å². The van der Waals surface area contributed by atoms with Gasteiger partial charge in [0.15, 0.2) is 5.65 Å². The average Bonchev–Trinajstić information content (AvgIpc) is 3.37. The fraction of sp³-hybridized carbons (Fsp3) is 0.304. The first kappa shape index (κ1) is 20.6. The first-order valence-electron chi connectivity index (χ1n) is 10.2. The molecule has 4 aromatic rings. The Kier molecular flexibility index (Phi) is 5.46. The Morgan fingerprint density at radius 1 is 1.19 bits per heavy atom. The van der Waals surface area contributed by atoms with Crippen molar-refractivity contribution in [3.05, 3.63) is 71.6 Å². The van der Waals surface area contributed by atoms with Crippen molar-refractivity contribution in [2.45, 2.75) is 32.9 Å². The quantitative estimate of drug-likeness (QED) is 0.517. The summed E-state index contributed by atoms with van der Waals surface area (Å²) >= 11 is 0. The van der Waals surface area contributed by atoms with Gasteiger partial charge >= 0.3 is 0 Å². The van der Waals surface area contributed by atoms with Crippen LogP contribution in [0.15, 0.2) is 48.9 Å². The number of hydrogen-bond acceptors (Lipinski definition) is 5. The van der Waals surface area contributed by atoms with Gasteiger partial charge in [-0.3, -0.25) is 4.79 Å². The van der Waals surface area contributed by atoms with Crippen molar-refractivity contribution in [2.75, 3.05) is 7.11 Å². The molecule has 160 valence electrons. The second-order valence-corrected chi connectivity index (χ2v) is 7.81. The molecule has 0 saturated carbocycles. The SMILES string of the molecule is COc1ccc(C(NC(=O)c2cc(C)nc3c2cnn3C(C)C)c2nccn2C)cc1. The molecule has 31 heavy (non-hydrogen) atoms. The van der Waals surface area contributed by atoms with Gasteiger partial charge in [-0.15, -0.1) is 0 Å². The Labute approximate surface area is 180 Å². The average molecular weight is 419 g/mol. The zero-order chi connectivity index (χ0) is 22.1. The van der Waals surface area contributed by atoms with Crippen LogP contribution in [0.2, 0.25) is 0 Å². The Morgan fingerprint density at radius 3 is 2.55 bits per heavy atom. The van der Waals surface area contributed by atoms with E-state index in [1.54, 1.807) is 25.6 Å². The van der Waals surface area contributed by atoms with Crippen LogP contribution in [0.4, 0.5) is 0 Å². The normalized spacial score (nSPS) is 12.3. The molecule has 1 amide bonds. The minimum absolute atomic E-state index is 0.141. The van der Waals surface area contributed by atoms with Gasteiger partial charge in [0.25, 0.3) is 5.91 Å². The van der Waals surface area contributed by atoms with Crippen molar-refractivity contribution in [3.63, 3.8) is 0 Å². The van der Waals surface area contributed by atoms with Crippen molar-refractivity contribution in [2.24, 2.45) is 7.05 Å². The highest BCUT2D eigenvalue weighted by Gasteiger charge is 2.24. The van der Waals surface area contributed by atoms with Gasteiger partial charge in [0.1, 0.15) is 17.6 Å². The van der Waals surface area contributed by atoms with Gasteiger partial charge in [0.05, 0.1) is 24.3 Å². The number of imidazole rings is 1. The molecule has 0 aliphatic heterocycles.